The minimum atomic E-state index is -4.00. The van der Waals surface area contributed by atoms with Crippen LogP contribution in [0.2, 0.25) is 0 Å². The Hall–Kier alpha value is -4.48. The van der Waals surface area contributed by atoms with Gasteiger partial charge in [0.1, 0.15) is 35.6 Å². The molecule has 348 valence electrons. The predicted molar refractivity (Wildman–Crippen MR) is 237 cm³/mol. The molecule has 0 unspecified atom stereocenters. The van der Waals surface area contributed by atoms with Crippen molar-refractivity contribution in [2.24, 2.45) is 11.8 Å². The second-order valence-electron chi connectivity index (χ2n) is 19.3. The average Bonchev–Trinajstić information content (AvgIpc) is 4.24. The second kappa shape index (κ2) is 18.8. The number of benzene rings is 1. The van der Waals surface area contributed by atoms with Gasteiger partial charge in [0.05, 0.1) is 42.2 Å². The molecule has 2 aromatic rings. The molecule has 5 heterocycles. The molecule has 4 amide bonds. The number of hydrogen-bond donors (Lipinski definition) is 3. The second-order valence-corrected chi connectivity index (χ2v) is 21.5. The van der Waals surface area contributed by atoms with E-state index in [-0.39, 0.29) is 31.4 Å². The molecule has 3 N–H and O–H groups in total. The van der Waals surface area contributed by atoms with Crippen molar-refractivity contribution in [2.75, 3.05) is 46.0 Å². The molecular formula is C47H64N6O10S. The first-order valence-electron chi connectivity index (χ1n) is 23.8. The Labute approximate surface area is 376 Å². The van der Waals surface area contributed by atoms with Gasteiger partial charge in [-0.05, 0) is 95.6 Å². The molecule has 3 saturated carbocycles. The van der Waals surface area contributed by atoms with E-state index in [1.54, 1.807) is 6.92 Å². The Balaban J connectivity index is 1.04. The summed E-state index contributed by atoms with van der Waals surface area (Å²) in [5.74, 6) is -0.874. The minimum Gasteiger partial charge on any atom is -0.492 e. The van der Waals surface area contributed by atoms with E-state index in [1.807, 2.05) is 36.4 Å². The van der Waals surface area contributed by atoms with Gasteiger partial charge >= 0.3 is 6.09 Å². The van der Waals surface area contributed by atoms with Gasteiger partial charge in [0.25, 0.3) is 5.91 Å². The molecule has 1 aromatic carbocycles. The van der Waals surface area contributed by atoms with E-state index >= 15 is 0 Å². The lowest BCUT2D eigenvalue weighted by atomic mass is 10.0. The van der Waals surface area contributed by atoms with Crippen LogP contribution in [0.1, 0.15) is 109 Å². The maximum absolute atomic E-state index is 14.8. The number of hydrogen-bond acceptors (Lipinski definition) is 12. The summed E-state index contributed by atoms with van der Waals surface area (Å²) in [6.07, 6.45) is 12.7. The van der Waals surface area contributed by atoms with Crippen molar-refractivity contribution >= 4 is 44.7 Å². The topological polar surface area (TPSA) is 195 Å². The van der Waals surface area contributed by atoms with Crippen LogP contribution in [0.15, 0.2) is 36.4 Å². The van der Waals surface area contributed by atoms with E-state index < -0.39 is 68.2 Å². The Morgan fingerprint density at radius 3 is 2.62 bits per heavy atom. The van der Waals surface area contributed by atoms with Crippen LogP contribution >= 0.6 is 0 Å². The highest BCUT2D eigenvalue weighted by Gasteiger charge is 2.63. The lowest BCUT2D eigenvalue weighted by Crippen LogP contribution is -2.58. The normalized spacial score (nSPS) is 31.7. The fraction of sp³-hybridized carbons (Fsp3) is 0.681. The number of nitrogens with one attached hydrogen (secondary N) is 3. The molecule has 0 radical (unpaired) electrons. The first-order valence-corrected chi connectivity index (χ1v) is 25.3. The highest BCUT2D eigenvalue weighted by molar-refractivity contribution is 7.91. The third-order valence-electron chi connectivity index (χ3n) is 14.5. The SMILES string of the molecule is CC1(S(=O)(=O)NC(=O)[C@@]23C[C@H]2/C=C\CCCCC[C@@H]2NC(=O)O[C@@H]4C[C@H]4CCCCCc4c(nc5ccccc5c4OCCCN4CCOCC4)O[C@@H]4C[C@@H](C(=O)N3)N(C4)C2=O)CC1. The van der Waals surface area contributed by atoms with Gasteiger partial charge in [-0.25, -0.2) is 18.2 Å². The smallest absolute Gasteiger partial charge is 0.408 e. The quantitative estimate of drug-likeness (QED) is 0.245. The number of alkyl carbamates (subject to hydrolysis) is 1. The first-order chi connectivity index (χ1) is 30.9. The maximum atomic E-state index is 14.8. The van der Waals surface area contributed by atoms with Crippen molar-refractivity contribution in [1.82, 2.24) is 30.1 Å². The van der Waals surface area contributed by atoms with E-state index in [0.29, 0.717) is 56.5 Å². The zero-order chi connectivity index (χ0) is 44.5. The molecular weight excluding hydrogens is 841 g/mol. The number of aromatic nitrogens is 1. The van der Waals surface area contributed by atoms with Crippen molar-refractivity contribution in [2.45, 2.75) is 144 Å². The molecule has 9 rings (SSSR count). The Kier molecular flexibility index (Phi) is 13.1. The number of carbonyl (C=O) groups is 4. The third kappa shape index (κ3) is 9.86. The number of nitrogens with zero attached hydrogens (tertiary/aromatic N) is 3. The lowest BCUT2D eigenvalue weighted by Gasteiger charge is -2.30. The van der Waals surface area contributed by atoms with Gasteiger partial charge in [-0.3, -0.25) is 24.0 Å². The molecule has 3 aliphatic carbocycles. The van der Waals surface area contributed by atoms with E-state index in [1.165, 1.54) is 4.90 Å². The van der Waals surface area contributed by atoms with Crippen LogP contribution < -0.4 is 24.8 Å². The maximum Gasteiger partial charge on any atom is 0.408 e. The van der Waals surface area contributed by atoms with E-state index in [0.717, 1.165) is 101 Å². The third-order valence-corrected chi connectivity index (χ3v) is 16.7. The molecule has 16 nitrogen and oxygen atoms in total. The Morgan fingerprint density at radius 1 is 1.00 bits per heavy atom. The lowest BCUT2D eigenvalue weighted by molar-refractivity contribution is -0.141. The minimum absolute atomic E-state index is 0.00773. The van der Waals surface area contributed by atoms with Gasteiger partial charge in [-0.2, -0.15) is 0 Å². The number of carbonyl (C=O) groups excluding carboxylic acids is 4. The molecule has 7 atom stereocenters. The zero-order valence-electron chi connectivity index (χ0n) is 37.0. The van der Waals surface area contributed by atoms with Crippen LogP contribution in [-0.2, 0) is 40.3 Å². The summed E-state index contributed by atoms with van der Waals surface area (Å²) in [6.45, 7) is 6.26. The molecule has 4 aliphatic heterocycles. The molecule has 1 aromatic heterocycles. The van der Waals surface area contributed by atoms with Crippen LogP contribution in [0.25, 0.3) is 10.9 Å². The fourth-order valence-electron chi connectivity index (χ4n) is 9.94. The Morgan fingerprint density at radius 2 is 1.80 bits per heavy atom. The summed E-state index contributed by atoms with van der Waals surface area (Å²) in [7, 11) is -4.00. The molecule has 64 heavy (non-hydrogen) atoms. The molecule has 17 heteroatoms. The van der Waals surface area contributed by atoms with E-state index in [4.69, 9.17) is 23.9 Å². The number of para-hydroxylation sites is 1. The molecule has 3 bridgehead atoms. The summed E-state index contributed by atoms with van der Waals surface area (Å²) in [5.41, 5.74) is 0.0274. The van der Waals surface area contributed by atoms with Crippen molar-refractivity contribution in [3.05, 3.63) is 42.0 Å². The van der Waals surface area contributed by atoms with Crippen molar-refractivity contribution < 1.29 is 46.5 Å². The highest BCUT2D eigenvalue weighted by atomic mass is 32.2. The van der Waals surface area contributed by atoms with Gasteiger partial charge < -0.3 is 34.5 Å². The van der Waals surface area contributed by atoms with Gasteiger partial charge in [0, 0.05) is 37.4 Å². The largest absolute Gasteiger partial charge is 0.492 e. The van der Waals surface area contributed by atoms with Gasteiger partial charge in [-0.1, -0.05) is 50.0 Å². The van der Waals surface area contributed by atoms with Gasteiger partial charge in [0.2, 0.25) is 27.7 Å². The van der Waals surface area contributed by atoms with Crippen molar-refractivity contribution in [3.63, 3.8) is 0 Å². The zero-order valence-corrected chi connectivity index (χ0v) is 37.8. The van der Waals surface area contributed by atoms with E-state index in [9.17, 15) is 27.6 Å². The molecule has 0 spiro atoms. The summed E-state index contributed by atoms with van der Waals surface area (Å²) in [6, 6.07) is 5.77. The first kappa shape index (κ1) is 44.7. The van der Waals surface area contributed by atoms with Gasteiger partial charge in [0.15, 0.2) is 0 Å². The average molecular weight is 905 g/mol. The summed E-state index contributed by atoms with van der Waals surface area (Å²) >= 11 is 0. The van der Waals surface area contributed by atoms with Crippen molar-refractivity contribution in [1.29, 1.82) is 0 Å². The number of pyridine rings is 1. The number of ether oxygens (including phenoxy) is 4. The van der Waals surface area contributed by atoms with Crippen LogP contribution in [0.4, 0.5) is 4.79 Å². The molecule has 5 fully saturated rings. The standard InChI is InChI=1S/C47H64N6O10S/c1-46(19-20-46)64(58,59)51-44(56)47-29-32(47)14-7-3-2-4-9-18-37-43(55)53-30-33(28-38(53)41(54)50-47)62-42-35(16-8-5-6-13-31-27-39(31)63-45(57)49-37)40(34-15-10-11-17-36(34)48-42)61-24-12-21-52-22-25-60-26-23-52/h7,10-11,14-15,17,31-33,37-39H,2-6,8-9,12-13,16,18-30H2,1H3,(H,49,57)(H,50,54)(H,51,56)/b14-7-/t31-,32-,33-,37+,38+,39-,47-/m1/s1. The number of sulfonamides is 1. The number of fused-ring (bicyclic) bond motifs is 6. The highest BCUT2D eigenvalue weighted by Crippen LogP contribution is 2.48. The van der Waals surface area contributed by atoms with Crippen molar-refractivity contribution in [3.8, 4) is 11.6 Å². The number of morpholine rings is 1. The van der Waals surface area contributed by atoms with Crippen LogP contribution in [0.5, 0.6) is 11.6 Å². The van der Waals surface area contributed by atoms with Crippen LogP contribution in [0.3, 0.4) is 0 Å². The summed E-state index contributed by atoms with van der Waals surface area (Å²) < 4.78 is 52.9. The monoisotopic (exact) mass is 904 g/mol. The van der Waals surface area contributed by atoms with Gasteiger partial charge in [-0.15, -0.1) is 0 Å². The predicted octanol–water partition coefficient (Wildman–Crippen LogP) is 4.68. The van der Waals surface area contributed by atoms with Crippen LogP contribution in [-0.4, -0.2) is 128 Å². The molecule has 2 saturated heterocycles. The summed E-state index contributed by atoms with van der Waals surface area (Å²) in [5, 5.41) is 6.72. The van der Waals surface area contributed by atoms with E-state index in [2.05, 4.69) is 20.3 Å². The molecule has 7 aliphatic rings. The number of amides is 4. The summed E-state index contributed by atoms with van der Waals surface area (Å²) in [4.78, 5) is 66.0. The van der Waals surface area contributed by atoms with Crippen LogP contribution in [0, 0.1) is 11.8 Å². The fourth-order valence-corrected chi connectivity index (χ4v) is 11.3. The number of rotatable bonds is 8. The Bertz CT molecular complexity index is 2230. The number of allylic oxidation sites excluding steroid dienone is 1.